The van der Waals surface area contributed by atoms with E-state index in [9.17, 15) is 4.79 Å². The van der Waals surface area contributed by atoms with Crippen molar-refractivity contribution < 1.29 is 9.21 Å². The molecule has 4 nitrogen and oxygen atoms in total. The number of hydrogen-bond acceptors (Lipinski definition) is 4. The molecule has 0 unspecified atom stereocenters. The Morgan fingerprint density at radius 3 is 2.82 bits per heavy atom. The molecule has 0 fully saturated rings. The Bertz CT molecular complexity index is 1130. The molecule has 1 amide bonds. The second-order valence-corrected chi connectivity index (χ2v) is 7.20. The van der Waals surface area contributed by atoms with E-state index in [-0.39, 0.29) is 5.91 Å². The van der Waals surface area contributed by atoms with E-state index in [1.165, 1.54) is 17.4 Å². The minimum atomic E-state index is -0.233. The number of nitrogens with one attached hydrogen (secondary N) is 1. The van der Waals surface area contributed by atoms with Crippen LogP contribution in [0.2, 0.25) is 5.02 Å². The van der Waals surface area contributed by atoms with Crippen molar-refractivity contribution >= 4 is 40.6 Å². The van der Waals surface area contributed by atoms with Crippen LogP contribution >= 0.6 is 22.9 Å². The molecule has 2 heterocycles. The Morgan fingerprint density at radius 2 is 2.00 bits per heavy atom. The van der Waals surface area contributed by atoms with Crippen molar-refractivity contribution in [2.75, 3.05) is 5.32 Å². The Labute approximate surface area is 171 Å². The van der Waals surface area contributed by atoms with Crippen LogP contribution in [-0.2, 0) is 4.79 Å². The molecule has 0 spiro atoms. The standard InChI is InChI=1S/C22H15ClN2O2S/c23-19-9-2-1-8-18(19)22-25-20(14-28-22)15-5-3-6-16(13-15)24-21(26)11-10-17-7-4-12-27-17/h1-14H,(H,24,26)/b11-10+. The van der Waals surface area contributed by atoms with Crippen LogP contribution in [-0.4, -0.2) is 10.9 Å². The molecule has 28 heavy (non-hydrogen) atoms. The van der Waals surface area contributed by atoms with Gasteiger partial charge in [-0.3, -0.25) is 4.79 Å². The van der Waals surface area contributed by atoms with Crippen molar-refractivity contribution in [1.29, 1.82) is 0 Å². The summed E-state index contributed by atoms with van der Waals surface area (Å²) in [4.78, 5) is 16.8. The number of carbonyl (C=O) groups excluding carboxylic acids is 1. The van der Waals surface area contributed by atoms with Gasteiger partial charge in [-0.2, -0.15) is 0 Å². The van der Waals surface area contributed by atoms with Crippen LogP contribution in [0.4, 0.5) is 5.69 Å². The summed E-state index contributed by atoms with van der Waals surface area (Å²) in [5, 5.41) is 6.36. The summed E-state index contributed by atoms with van der Waals surface area (Å²) < 4.78 is 5.17. The minimum Gasteiger partial charge on any atom is -0.465 e. The second-order valence-electron chi connectivity index (χ2n) is 5.94. The molecule has 0 aliphatic carbocycles. The average Bonchev–Trinajstić information content (AvgIpc) is 3.39. The molecule has 0 saturated heterocycles. The van der Waals surface area contributed by atoms with E-state index in [4.69, 9.17) is 21.0 Å². The highest BCUT2D eigenvalue weighted by atomic mass is 35.5. The highest BCUT2D eigenvalue weighted by Crippen LogP contribution is 2.33. The van der Waals surface area contributed by atoms with Crippen molar-refractivity contribution in [2.24, 2.45) is 0 Å². The van der Waals surface area contributed by atoms with Crippen LogP contribution in [0, 0.1) is 0 Å². The van der Waals surface area contributed by atoms with Gasteiger partial charge in [0.15, 0.2) is 0 Å². The molecule has 1 N–H and O–H groups in total. The first-order valence-electron chi connectivity index (χ1n) is 8.52. The zero-order valence-corrected chi connectivity index (χ0v) is 16.2. The molecule has 6 heteroatoms. The molecule has 0 saturated carbocycles. The SMILES string of the molecule is O=C(/C=C/c1ccco1)Nc1cccc(-c2csc(-c3ccccc3Cl)n2)c1. The first-order chi connectivity index (χ1) is 13.7. The number of hydrogen-bond donors (Lipinski definition) is 1. The van der Waals surface area contributed by atoms with Crippen molar-refractivity contribution in [3.63, 3.8) is 0 Å². The molecule has 0 radical (unpaired) electrons. The van der Waals surface area contributed by atoms with E-state index in [1.807, 2.05) is 53.9 Å². The van der Waals surface area contributed by atoms with Crippen LogP contribution in [0.1, 0.15) is 5.76 Å². The number of thiazole rings is 1. The lowest BCUT2D eigenvalue weighted by Crippen LogP contribution is -2.07. The smallest absolute Gasteiger partial charge is 0.248 e. The van der Waals surface area contributed by atoms with E-state index in [1.54, 1.807) is 24.5 Å². The highest BCUT2D eigenvalue weighted by Gasteiger charge is 2.10. The number of anilines is 1. The number of halogens is 1. The predicted molar refractivity (Wildman–Crippen MR) is 114 cm³/mol. The third-order valence-corrected chi connectivity index (χ3v) is 5.18. The van der Waals surface area contributed by atoms with Gasteiger partial charge in [0.1, 0.15) is 10.8 Å². The Morgan fingerprint density at radius 1 is 1.11 bits per heavy atom. The van der Waals surface area contributed by atoms with Gasteiger partial charge >= 0.3 is 0 Å². The molecule has 0 bridgehead atoms. The zero-order chi connectivity index (χ0) is 19.3. The molecular formula is C22H15ClN2O2S. The van der Waals surface area contributed by atoms with E-state index in [2.05, 4.69) is 5.32 Å². The maximum atomic E-state index is 12.1. The van der Waals surface area contributed by atoms with E-state index >= 15 is 0 Å². The molecule has 0 aliphatic heterocycles. The molecule has 0 aliphatic rings. The fourth-order valence-electron chi connectivity index (χ4n) is 2.65. The number of nitrogens with zero attached hydrogens (tertiary/aromatic N) is 1. The van der Waals surface area contributed by atoms with Gasteiger partial charge in [0, 0.05) is 28.3 Å². The van der Waals surface area contributed by atoms with Gasteiger partial charge in [-0.1, -0.05) is 41.9 Å². The quantitative estimate of drug-likeness (QED) is 0.391. The van der Waals surface area contributed by atoms with Crippen molar-refractivity contribution in [3.05, 3.63) is 89.2 Å². The fourth-order valence-corrected chi connectivity index (χ4v) is 3.80. The second kappa shape index (κ2) is 8.25. The number of amides is 1. The number of aromatic nitrogens is 1. The molecule has 0 atom stereocenters. The number of furan rings is 1. The lowest BCUT2D eigenvalue weighted by molar-refractivity contribution is -0.111. The summed E-state index contributed by atoms with van der Waals surface area (Å²) in [5.74, 6) is 0.391. The summed E-state index contributed by atoms with van der Waals surface area (Å²) in [6.07, 6.45) is 4.62. The summed E-state index contributed by atoms with van der Waals surface area (Å²) in [6, 6.07) is 18.8. The largest absolute Gasteiger partial charge is 0.465 e. The Kier molecular flexibility index (Phi) is 5.37. The van der Waals surface area contributed by atoms with Crippen molar-refractivity contribution in [3.8, 4) is 21.8 Å². The molecule has 138 valence electrons. The van der Waals surface area contributed by atoms with Crippen LogP contribution in [0.5, 0.6) is 0 Å². The number of rotatable bonds is 5. The molecule has 4 rings (SSSR count). The van der Waals surface area contributed by atoms with Crippen molar-refractivity contribution in [1.82, 2.24) is 4.98 Å². The molecule has 2 aromatic heterocycles. The zero-order valence-electron chi connectivity index (χ0n) is 14.6. The van der Waals surface area contributed by atoms with Crippen LogP contribution in [0.3, 0.4) is 0 Å². The monoisotopic (exact) mass is 406 g/mol. The first kappa shape index (κ1) is 18.2. The van der Waals surface area contributed by atoms with Crippen LogP contribution < -0.4 is 5.32 Å². The lowest BCUT2D eigenvalue weighted by Gasteiger charge is -2.04. The predicted octanol–water partition coefficient (Wildman–Crippen LogP) is 6.38. The van der Waals surface area contributed by atoms with Gasteiger partial charge in [-0.15, -0.1) is 11.3 Å². The summed E-state index contributed by atoms with van der Waals surface area (Å²) in [6.45, 7) is 0. The molecule has 4 aromatic rings. The lowest BCUT2D eigenvalue weighted by atomic mass is 10.1. The maximum absolute atomic E-state index is 12.1. The Hall–Kier alpha value is -3.15. The summed E-state index contributed by atoms with van der Waals surface area (Å²) in [7, 11) is 0. The van der Waals surface area contributed by atoms with Gasteiger partial charge in [0.2, 0.25) is 5.91 Å². The highest BCUT2D eigenvalue weighted by molar-refractivity contribution is 7.13. The normalized spacial score (nSPS) is 11.0. The average molecular weight is 407 g/mol. The van der Waals surface area contributed by atoms with Gasteiger partial charge in [-0.05, 0) is 36.4 Å². The summed E-state index contributed by atoms with van der Waals surface area (Å²) >= 11 is 7.80. The first-order valence-corrected chi connectivity index (χ1v) is 9.78. The third kappa shape index (κ3) is 4.22. The van der Waals surface area contributed by atoms with Crippen molar-refractivity contribution in [2.45, 2.75) is 0 Å². The van der Waals surface area contributed by atoms with E-state index in [0.29, 0.717) is 16.5 Å². The molecular weight excluding hydrogens is 392 g/mol. The number of carbonyl (C=O) groups is 1. The summed E-state index contributed by atoms with van der Waals surface area (Å²) in [5.41, 5.74) is 3.36. The van der Waals surface area contributed by atoms with Gasteiger partial charge in [0.05, 0.1) is 17.0 Å². The minimum absolute atomic E-state index is 0.233. The third-order valence-electron chi connectivity index (χ3n) is 3.98. The maximum Gasteiger partial charge on any atom is 0.248 e. The molecule has 2 aromatic carbocycles. The van der Waals surface area contributed by atoms with E-state index < -0.39 is 0 Å². The van der Waals surface area contributed by atoms with Crippen LogP contribution in [0.25, 0.3) is 27.9 Å². The topological polar surface area (TPSA) is 55.1 Å². The van der Waals surface area contributed by atoms with Gasteiger partial charge in [-0.25, -0.2) is 4.98 Å². The van der Waals surface area contributed by atoms with E-state index in [0.717, 1.165) is 21.8 Å². The Balaban J connectivity index is 1.51. The van der Waals surface area contributed by atoms with Gasteiger partial charge in [0.25, 0.3) is 0 Å². The number of benzene rings is 2. The fraction of sp³-hybridized carbons (Fsp3) is 0. The van der Waals surface area contributed by atoms with Crippen LogP contribution in [0.15, 0.2) is 82.8 Å². The van der Waals surface area contributed by atoms with Gasteiger partial charge < -0.3 is 9.73 Å².